The molecule has 4 rings (SSSR count). The summed E-state index contributed by atoms with van der Waals surface area (Å²) in [5, 5.41) is 8.91. The van der Waals surface area contributed by atoms with Crippen molar-refractivity contribution >= 4 is 33.9 Å². The van der Waals surface area contributed by atoms with E-state index in [1.165, 1.54) is 17.0 Å². The minimum atomic E-state index is -0.402. The molecule has 4 nitrogen and oxygen atoms in total. The molecule has 2 heterocycles. The fraction of sp³-hybridized carbons (Fsp3) is 0.176. The molecule has 0 fully saturated rings. The van der Waals surface area contributed by atoms with Crippen LogP contribution in [-0.2, 0) is 11.3 Å². The van der Waals surface area contributed by atoms with Gasteiger partial charge in [-0.1, -0.05) is 23.4 Å². The van der Waals surface area contributed by atoms with Crippen LogP contribution >= 0.6 is 11.3 Å². The lowest BCUT2D eigenvalue weighted by molar-refractivity contribution is 0.0516. The lowest BCUT2D eigenvalue weighted by Gasteiger charge is -2.13. The minimum absolute atomic E-state index is 0.402. The lowest BCUT2D eigenvalue weighted by Crippen LogP contribution is -2.12. The number of aryl methyl sites for hydroxylation is 1. The van der Waals surface area contributed by atoms with E-state index in [-0.39, 0.29) is 0 Å². The van der Waals surface area contributed by atoms with Gasteiger partial charge in [-0.25, -0.2) is 4.79 Å². The maximum atomic E-state index is 11.9. The van der Waals surface area contributed by atoms with Gasteiger partial charge in [-0.2, -0.15) is 11.3 Å². The second-order valence-corrected chi connectivity index (χ2v) is 6.09. The number of nitrogens with zero attached hydrogens (tertiary/aromatic N) is 1. The molecule has 0 bridgehead atoms. The van der Waals surface area contributed by atoms with Gasteiger partial charge in [0.05, 0.1) is 11.3 Å². The van der Waals surface area contributed by atoms with Crippen molar-refractivity contribution in [3.8, 4) is 0 Å². The van der Waals surface area contributed by atoms with Crippen LogP contribution in [0.5, 0.6) is 0 Å². The van der Waals surface area contributed by atoms with Gasteiger partial charge in [-0.05, 0) is 36.8 Å². The first-order chi connectivity index (χ1) is 10.8. The highest BCUT2D eigenvalue weighted by Crippen LogP contribution is 2.29. The number of carbonyl (C=O) groups excluding carboxylic acids is 1. The van der Waals surface area contributed by atoms with Crippen molar-refractivity contribution in [1.82, 2.24) is 4.98 Å². The third kappa shape index (κ3) is 2.23. The molecule has 1 N–H and O–H groups in total. The Morgan fingerprint density at radius 2 is 2.14 bits per heavy atom. The molecule has 2 aromatic heterocycles. The highest BCUT2D eigenvalue weighted by molar-refractivity contribution is 7.08. The molecule has 0 spiro atoms. The van der Waals surface area contributed by atoms with Gasteiger partial charge in [0.15, 0.2) is 0 Å². The molecular formula is C17H14N2O2S. The molecule has 0 saturated heterocycles. The quantitative estimate of drug-likeness (QED) is 0.571. The van der Waals surface area contributed by atoms with E-state index in [0.29, 0.717) is 5.56 Å². The normalized spacial score (nSPS) is 15.9. The van der Waals surface area contributed by atoms with E-state index in [0.717, 1.165) is 41.4 Å². The number of rotatable bonds is 2. The summed E-state index contributed by atoms with van der Waals surface area (Å²) in [5.41, 5.74) is 4.77. The second-order valence-electron chi connectivity index (χ2n) is 5.31. The van der Waals surface area contributed by atoms with Gasteiger partial charge < -0.3 is 9.82 Å². The zero-order valence-electron chi connectivity index (χ0n) is 11.8. The number of aromatic amines is 1. The number of benzene rings is 1. The van der Waals surface area contributed by atoms with Gasteiger partial charge >= 0.3 is 5.97 Å². The van der Waals surface area contributed by atoms with Crippen LogP contribution in [0.4, 0.5) is 0 Å². The van der Waals surface area contributed by atoms with Gasteiger partial charge in [0, 0.05) is 27.5 Å². The van der Waals surface area contributed by atoms with Crippen molar-refractivity contribution < 1.29 is 9.63 Å². The van der Waals surface area contributed by atoms with E-state index in [1.54, 1.807) is 11.4 Å². The van der Waals surface area contributed by atoms with Crippen molar-refractivity contribution in [2.75, 3.05) is 0 Å². The number of nitrogens with one attached hydrogen (secondary N) is 1. The monoisotopic (exact) mass is 310 g/mol. The van der Waals surface area contributed by atoms with Gasteiger partial charge in [-0.3, -0.25) is 0 Å². The minimum Gasteiger partial charge on any atom is -0.358 e. The summed E-state index contributed by atoms with van der Waals surface area (Å²) in [7, 11) is 0. The molecule has 22 heavy (non-hydrogen) atoms. The molecule has 0 saturated carbocycles. The SMILES string of the molecule is O=C(ON=C1CCCc2[nH]c3ccccc3c21)c1ccsc1. The Kier molecular flexibility index (Phi) is 3.27. The molecule has 1 aromatic carbocycles. The van der Waals surface area contributed by atoms with Gasteiger partial charge in [0.1, 0.15) is 0 Å². The largest absolute Gasteiger partial charge is 0.366 e. The molecular weight excluding hydrogens is 296 g/mol. The number of hydrogen-bond acceptors (Lipinski definition) is 4. The smallest absolute Gasteiger partial charge is 0.358 e. The Bertz CT molecular complexity index is 862. The standard InChI is InChI=1S/C17H14N2O2S/c20-17(11-8-9-22-10-11)21-19-15-7-3-6-14-16(15)12-4-1-2-5-13(12)18-14/h1-2,4-5,8-10,18H,3,6-7H2. The average Bonchev–Trinajstić information content (AvgIpc) is 3.19. The summed E-state index contributed by atoms with van der Waals surface area (Å²) >= 11 is 1.47. The predicted octanol–water partition coefficient (Wildman–Crippen LogP) is 4.13. The Balaban J connectivity index is 1.70. The second kappa shape index (κ2) is 5.42. The fourth-order valence-corrected chi connectivity index (χ4v) is 3.52. The number of H-pyrrole nitrogens is 1. The Hall–Kier alpha value is -2.40. The zero-order chi connectivity index (χ0) is 14.9. The summed E-state index contributed by atoms with van der Waals surface area (Å²) < 4.78 is 0. The van der Waals surface area contributed by atoms with Crippen molar-refractivity contribution in [1.29, 1.82) is 0 Å². The first-order valence-corrected chi connectivity index (χ1v) is 8.17. The highest BCUT2D eigenvalue weighted by Gasteiger charge is 2.21. The van der Waals surface area contributed by atoms with Gasteiger partial charge in [0.2, 0.25) is 0 Å². The van der Waals surface area contributed by atoms with Crippen molar-refractivity contribution in [2.24, 2.45) is 5.16 Å². The maximum Gasteiger partial charge on any atom is 0.366 e. The summed E-state index contributed by atoms with van der Waals surface area (Å²) in [6.45, 7) is 0. The third-order valence-corrected chi connectivity index (χ3v) is 4.59. The first-order valence-electron chi connectivity index (χ1n) is 7.23. The lowest BCUT2D eigenvalue weighted by atomic mass is 9.94. The van der Waals surface area contributed by atoms with Crippen LogP contribution < -0.4 is 0 Å². The van der Waals surface area contributed by atoms with E-state index >= 15 is 0 Å². The maximum absolute atomic E-state index is 11.9. The van der Waals surface area contributed by atoms with E-state index in [9.17, 15) is 4.79 Å². The third-order valence-electron chi connectivity index (χ3n) is 3.91. The molecule has 0 atom stereocenters. The van der Waals surface area contributed by atoms with E-state index < -0.39 is 5.97 Å². The van der Waals surface area contributed by atoms with E-state index in [4.69, 9.17) is 4.84 Å². The topological polar surface area (TPSA) is 54.4 Å². The van der Waals surface area contributed by atoms with E-state index in [2.05, 4.69) is 22.3 Å². The Labute approximate surface area is 131 Å². The number of oxime groups is 1. The fourth-order valence-electron chi connectivity index (χ4n) is 2.89. The number of hydrogen-bond donors (Lipinski definition) is 1. The number of aromatic nitrogens is 1. The molecule has 110 valence electrons. The average molecular weight is 310 g/mol. The Morgan fingerprint density at radius 3 is 3.00 bits per heavy atom. The van der Waals surface area contributed by atoms with Crippen molar-refractivity contribution in [3.05, 3.63) is 57.9 Å². The summed E-state index contributed by atoms with van der Waals surface area (Å²) in [6.07, 6.45) is 2.84. The van der Waals surface area contributed by atoms with Crippen LogP contribution in [0, 0.1) is 0 Å². The van der Waals surface area contributed by atoms with E-state index in [1.807, 2.05) is 17.5 Å². The van der Waals surface area contributed by atoms with Gasteiger partial charge in [0.25, 0.3) is 0 Å². The summed E-state index contributed by atoms with van der Waals surface area (Å²) in [4.78, 5) is 20.5. The van der Waals surface area contributed by atoms with Crippen LogP contribution in [0.1, 0.15) is 34.5 Å². The molecule has 5 heteroatoms. The Morgan fingerprint density at radius 1 is 1.23 bits per heavy atom. The summed E-state index contributed by atoms with van der Waals surface area (Å²) in [5.74, 6) is -0.402. The van der Waals surface area contributed by atoms with Crippen LogP contribution in [-0.4, -0.2) is 16.7 Å². The highest BCUT2D eigenvalue weighted by atomic mass is 32.1. The molecule has 3 aromatic rings. The number of fused-ring (bicyclic) bond motifs is 3. The molecule has 0 unspecified atom stereocenters. The number of para-hydroxylation sites is 1. The van der Waals surface area contributed by atoms with Crippen molar-refractivity contribution in [3.63, 3.8) is 0 Å². The predicted molar refractivity (Wildman–Crippen MR) is 87.5 cm³/mol. The number of thiophene rings is 1. The first kappa shape index (κ1) is 13.3. The molecule has 0 amide bonds. The van der Waals surface area contributed by atoms with Crippen LogP contribution in [0.2, 0.25) is 0 Å². The van der Waals surface area contributed by atoms with Crippen LogP contribution in [0.15, 0.2) is 46.2 Å². The molecule has 1 aliphatic rings. The number of carbonyl (C=O) groups is 1. The zero-order valence-corrected chi connectivity index (χ0v) is 12.7. The van der Waals surface area contributed by atoms with Crippen LogP contribution in [0.25, 0.3) is 10.9 Å². The van der Waals surface area contributed by atoms with Crippen molar-refractivity contribution in [2.45, 2.75) is 19.3 Å². The molecule has 0 radical (unpaired) electrons. The van der Waals surface area contributed by atoms with Gasteiger partial charge in [-0.15, -0.1) is 0 Å². The van der Waals surface area contributed by atoms with Crippen LogP contribution in [0.3, 0.4) is 0 Å². The molecule has 1 aliphatic carbocycles. The summed E-state index contributed by atoms with van der Waals surface area (Å²) in [6, 6.07) is 9.90. The molecule has 0 aliphatic heterocycles.